The molecule has 1 nitrogen and oxygen atoms in total. The molecule has 0 aromatic carbocycles. The number of hydrogen-bond donors (Lipinski definition) is 0. The summed E-state index contributed by atoms with van der Waals surface area (Å²) in [5, 5.41) is 0. The second kappa shape index (κ2) is 4.12. The first-order valence-electron chi connectivity index (χ1n) is 4.15. The maximum atomic E-state index is 4.33. The van der Waals surface area contributed by atoms with Crippen LogP contribution in [0.5, 0.6) is 0 Å². The summed E-state index contributed by atoms with van der Waals surface area (Å²) in [6.45, 7) is 4.17. The maximum Gasteiger partial charge on any atom is 0.0296 e. The van der Waals surface area contributed by atoms with Crippen molar-refractivity contribution in [1.29, 1.82) is 0 Å². The predicted molar refractivity (Wildman–Crippen MR) is 49.9 cm³/mol. The summed E-state index contributed by atoms with van der Waals surface area (Å²) in [6.07, 6.45) is 9.85. The molecule has 0 aromatic rings. The number of hydrogen-bond acceptors (Lipinski definition) is 1. The van der Waals surface area contributed by atoms with Crippen molar-refractivity contribution in [2.45, 2.75) is 33.1 Å². The van der Waals surface area contributed by atoms with Crippen molar-refractivity contribution in [3.05, 3.63) is 23.9 Å². The summed E-state index contributed by atoms with van der Waals surface area (Å²) in [5.41, 5.74) is 2.49. The number of nitrogens with zero attached hydrogens (tertiary/aromatic N) is 1. The molecule has 1 aliphatic heterocycles. The average Bonchev–Trinajstić information content (AvgIpc) is 2.06. The number of rotatable bonds is 0. The third kappa shape index (κ3) is 3.17. The van der Waals surface area contributed by atoms with E-state index >= 15 is 0 Å². The minimum Gasteiger partial charge on any atom is -0.266 e. The van der Waals surface area contributed by atoms with E-state index in [1.165, 1.54) is 24.1 Å². The van der Waals surface area contributed by atoms with Crippen molar-refractivity contribution in [3.63, 3.8) is 0 Å². The zero-order valence-corrected chi connectivity index (χ0v) is 7.30. The fourth-order valence-electron chi connectivity index (χ4n) is 1.06. The molecule has 0 spiro atoms. The quantitative estimate of drug-likeness (QED) is 0.502. The number of aliphatic imine (C=N–C) groups is 1. The predicted octanol–water partition coefficient (Wildman–Crippen LogP) is 3.09. The average molecular weight is 149 g/mol. The van der Waals surface area contributed by atoms with Crippen LogP contribution in [0.25, 0.3) is 0 Å². The van der Waals surface area contributed by atoms with Crippen molar-refractivity contribution in [3.8, 4) is 0 Å². The first kappa shape index (κ1) is 8.25. The molecule has 1 heteroatoms. The van der Waals surface area contributed by atoms with Gasteiger partial charge in [0.25, 0.3) is 0 Å². The Labute approximate surface area is 68.5 Å². The van der Waals surface area contributed by atoms with Crippen LogP contribution in [0.2, 0.25) is 0 Å². The van der Waals surface area contributed by atoms with Crippen LogP contribution in [-0.2, 0) is 0 Å². The fraction of sp³-hybridized carbons (Fsp3) is 0.500. The van der Waals surface area contributed by atoms with Gasteiger partial charge in [-0.2, -0.15) is 0 Å². The molecule has 0 aliphatic carbocycles. The van der Waals surface area contributed by atoms with Crippen LogP contribution in [0.1, 0.15) is 33.1 Å². The molecule has 1 heterocycles. The number of allylic oxidation sites excluding steroid dienone is 3. The first-order chi connectivity index (χ1) is 5.29. The highest BCUT2D eigenvalue weighted by atomic mass is 14.7. The lowest BCUT2D eigenvalue weighted by atomic mass is 10.2. The fourth-order valence-corrected chi connectivity index (χ4v) is 1.06. The highest BCUT2D eigenvalue weighted by Gasteiger charge is 1.92. The zero-order valence-electron chi connectivity index (χ0n) is 7.30. The molecule has 1 rings (SSSR count). The Kier molecular flexibility index (Phi) is 3.09. The van der Waals surface area contributed by atoms with Crippen molar-refractivity contribution in [2.75, 3.05) is 0 Å². The SMILES string of the molecule is CC1=C/N=C(/C)CCC/C=C\1. The van der Waals surface area contributed by atoms with Gasteiger partial charge < -0.3 is 0 Å². The molecule has 0 aromatic heterocycles. The van der Waals surface area contributed by atoms with Crippen LogP contribution in [0.15, 0.2) is 28.9 Å². The standard InChI is InChI=1S/C10H15N/c1-9-6-4-3-5-7-10(2)11-8-9/h4,6,8H,3,5,7H2,1-2H3/b6-4-,9-8-,11-10-. The van der Waals surface area contributed by atoms with E-state index in [1.807, 2.05) is 6.20 Å². The van der Waals surface area contributed by atoms with Gasteiger partial charge in [0.1, 0.15) is 0 Å². The molecule has 1 aliphatic rings. The van der Waals surface area contributed by atoms with Crippen LogP contribution >= 0.6 is 0 Å². The topological polar surface area (TPSA) is 12.4 Å². The summed E-state index contributed by atoms with van der Waals surface area (Å²) < 4.78 is 0. The van der Waals surface area contributed by atoms with Gasteiger partial charge in [0.2, 0.25) is 0 Å². The molecule has 11 heavy (non-hydrogen) atoms. The van der Waals surface area contributed by atoms with Gasteiger partial charge in [-0.3, -0.25) is 4.99 Å². The molecule has 0 radical (unpaired) electrons. The van der Waals surface area contributed by atoms with Crippen molar-refractivity contribution in [1.82, 2.24) is 0 Å². The Morgan fingerprint density at radius 1 is 1.36 bits per heavy atom. The monoisotopic (exact) mass is 149 g/mol. The summed E-state index contributed by atoms with van der Waals surface area (Å²) in [7, 11) is 0. The molecule has 0 saturated carbocycles. The summed E-state index contributed by atoms with van der Waals surface area (Å²) >= 11 is 0. The zero-order chi connectivity index (χ0) is 8.10. The second-order valence-electron chi connectivity index (χ2n) is 3.03. The smallest absolute Gasteiger partial charge is 0.0296 e. The van der Waals surface area contributed by atoms with Gasteiger partial charge in [-0.25, -0.2) is 0 Å². The molecule has 0 bridgehead atoms. The first-order valence-corrected chi connectivity index (χ1v) is 4.15. The van der Waals surface area contributed by atoms with Crippen molar-refractivity contribution in [2.24, 2.45) is 4.99 Å². The van der Waals surface area contributed by atoms with Crippen LogP contribution in [0.4, 0.5) is 0 Å². The lowest BCUT2D eigenvalue weighted by molar-refractivity contribution is 0.892. The molecule has 0 atom stereocenters. The molecular weight excluding hydrogens is 134 g/mol. The molecule has 0 amide bonds. The Balaban J connectivity index is 2.72. The van der Waals surface area contributed by atoms with Crippen LogP contribution in [0, 0.1) is 0 Å². The summed E-state index contributed by atoms with van der Waals surface area (Å²) in [4.78, 5) is 4.33. The van der Waals surface area contributed by atoms with E-state index in [9.17, 15) is 0 Å². The van der Waals surface area contributed by atoms with E-state index in [4.69, 9.17) is 0 Å². The highest BCUT2D eigenvalue weighted by molar-refractivity contribution is 5.82. The molecular formula is C10H15N. The Bertz CT molecular complexity index is 209. The van der Waals surface area contributed by atoms with Gasteiger partial charge in [0, 0.05) is 11.9 Å². The van der Waals surface area contributed by atoms with E-state index in [0.29, 0.717) is 0 Å². The van der Waals surface area contributed by atoms with E-state index in [1.54, 1.807) is 0 Å². The molecule has 0 N–H and O–H groups in total. The largest absolute Gasteiger partial charge is 0.266 e. The third-order valence-electron chi connectivity index (χ3n) is 1.78. The summed E-state index contributed by atoms with van der Waals surface area (Å²) in [6, 6.07) is 0. The Morgan fingerprint density at radius 3 is 3.00 bits per heavy atom. The third-order valence-corrected chi connectivity index (χ3v) is 1.78. The van der Waals surface area contributed by atoms with Crippen LogP contribution < -0.4 is 0 Å². The van der Waals surface area contributed by atoms with Crippen molar-refractivity contribution >= 4 is 5.71 Å². The normalized spacial score (nSPS) is 31.8. The molecule has 0 unspecified atom stereocenters. The van der Waals surface area contributed by atoms with Gasteiger partial charge >= 0.3 is 0 Å². The maximum absolute atomic E-state index is 4.33. The Morgan fingerprint density at radius 2 is 2.18 bits per heavy atom. The minimum atomic E-state index is 1.13. The van der Waals surface area contributed by atoms with E-state index < -0.39 is 0 Å². The van der Waals surface area contributed by atoms with Gasteiger partial charge in [-0.15, -0.1) is 0 Å². The lowest BCUT2D eigenvalue weighted by Crippen LogP contribution is -1.88. The van der Waals surface area contributed by atoms with Crippen molar-refractivity contribution < 1.29 is 0 Å². The summed E-state index contributed by atoms with van der Waals surface area (Å²) in [5.74, 6) is 0. The second-order valence-corrected chi connectivity index (χ2v) is 3.03. The molecule has 0 saturated heterocycles. The van der Waals surface area contributed by atoms with Gasteiger partial charge in [-0.1, -0.05) is 12.2 Å². The van der Waals surface area contributed by atoms with Gasteiger partial charge in [-0.05, 0) is 38.7 Å². The van der Waals surface area contributed by atoms with Crippen LogP contribution in [-0.4, -0.2) is 5.71 Å². The van der Waals surface area contributed by atoms with E-state index in [0.717, 1.165) is 6.42 Å². The van der Waals surface area contributed by atoms with E-state index in [-0.39, 0.29) is 0 Å². The van der Waals surface area contributed by atoms with Gasteiger partial charge in [0.15, 0.2) is 0 Å². The Hall–Kier alpha value is -0.850. The molecule has 60 valence electrons. The lowest BCUT2D eigenvalue weighted by Gasteiger charge is -1.93. The van der Waals surface area contributed by atoms with Gasteiger partial charge in [0.05, 0.1) is 0 Å². The van der Waals surface area contributed by atoms with Crippen LogP contribution in [0.3, 0.4) is 0 Å². The molecule has 0 fully saturated rings. The highest BCUT2D eigenvalue weighted by Crippen LogP contribution is 2.05. The minimum absolute atomic E-state index is 1.13. The van der Waals surface area contributed by atoms with E-state index in [2.05, 4.69) is 31.0 Å².